The molecule has 2 nitrogen and oxygen atoms in total. The maximum absolute atomic E-state index is 13.4. The van der Waals surface area contributed by atoms with E-state index < -0.39 is 35.5 Å². The Morgan fingerprint density at radius 1 is 0.714 bits per heavy atom. The van der Waals surface area contributed by atoms with Crippen LogP contribution in [0.3, 0.4) is 0 Å². The lowest BCUT2D eigenvalue weighted by Gasteiger charge is -2.27. The maximum atomic E-state index is 13.4. The molecule has 0 bridgehead atoms. The Hall–Kier alpha value is -1.48. The maximum Gasteiger partial charge on any atom is 0.166 e. The minimum Gasteiger partial charge on any atom is -0.388 e. The summed E-state index contributed by atoms with van der Waals surface area (Å²) in [6, 6.07) is 8.86. The monoisotopic (exact) mass is 520 g/mol. The molecule has 0 spiro atoms. The lowest BCUT2D eigenvalue weighted by molar-refractivity contribution is 0.0863. The third-order valence-corrected chi connectivity index (χ3v) is 5.82. The SMILES string of the molecule is Fc1cc(Br)c2ccccc2c1F.OC1CCC(O)c2c(F)c(F)cc(Br)c21. The Morgan fingerprint density at radius 3 is 1.86 bits per heavy atom. The van der Waals surface area contributed by atoms with Crippen LogP contribution >= 0.6 is 31.9 Å². The highest BCUT2D eigenvalue weighted by molar-refractivity contribution is 9.11. The standard InChI is InChI=1S/C10H9BrF2O2.C10H5BrF2/c11-4-3-5(12)10(13)9-7(15)2-1-6(14)8(4)9;11-8-5-9(12)10(13)7-4-2-1-3-6(7)8/h3,6-7,14-15H,1-2H2;1-5H. The van der Waals surface area contributed by atoms with Gasteiger partial charge in [-0.1, -0.05) is 56.1 Å². The summed E-state index contributed by atoms with van der Waals surface area (Å²) in [4.78, 5) is 0. The van der Waals surface area contributed by atoms with Gasteiger partial charge in [0.2, 0.25) is 0 Å². The molecule has 2 atom stereocenters. The first-order valence-electron chi connectivity index (χ1n) is 8.28. The first-order valence-corrected chi connectivity index (χ1v) is 9.86. The molecule has 8 heteroatoms. The van der Waals surface area contributed by atoms with Gasteiger partial charge in [0, 0.05) is 25.5 Å². The van der Waals surface area contributed by atoms with E-state index in [-0.39, 0.29) is 17.5 Å². The Labute approximate surface area is 175 Å². The molecular weight excluding hydrogens is 508 g/mol. The van der Waals surface area contributed by atoms with Crippen molar-refractivity contribution in [1.82, 2.24) is 0 Å². The first-order chi connectivity index (χ1) is 13.2. The van der Waals surface area contributed by atoms with Gasteiger partial charge >= 0.3 is 0 Å². The highest BCUT2D eigenvalue weighted by Crippen LogP contribution is 2.42. The van der Waals surface area contributed by atoms with Crippen LogP contribution < -0.4 is 0 Å². The fourth-order valence-electron chi connectivity index (χ4n) is 3.16. The van der Waals surface area contributed by atoms with Gasteiger partial charge in [-0.15, -0.1) is 0 Å². The van der Waals surface area contributed by atoms with Crippen LogP contribution in [0.4, 0.5) is 17.6 Å². The van der Waals surface area contributed by atoms with Gasteiger partial charge in [-0.05, 0) is 30.4 Å². The van der Waals surface area contributed by atoms with Crippen molar-refractivity contribution in [1.29, 1.82) is 0 Å². The molecule has 0 heterocycles. The number of hydrogen-bond donors (Lipinski definition) is 2. The number of aliphatic hydroxyl groups excluding tert-OH is 2. The number of benzene rings is 3. The van der Waals surface area contributed by atoms with E-state index in [1.807, 2.05) is 0 Å². The summed E-state index contributed by atoms with van der Waals surface area (Å²) in [5.74, 6) is -3.71. The number of hydrogen-bond acceptors (Lipinski definition) is 2. The van der Waals surface area contributed by atoms with Crippen LogP contribution in [0.5, 0.6) is 0 Å². The molecule has 3 aromatic rings. The van der Waals surface area contributed by atoms with E-state index in [1.165, 1.54) is 0 Å². The molecule has 1 aliphatic carbocycles. The van der Waals surface area contributed by atoms with Crippen molar-refractivity contribution in [2.45, 2.75) is 25.0 Å². The highest BCUT2D eigenvalue weighted by atomic mass is 79.9. The normalized spacial score (nSPS) is 18.4. The minimum absolute atomic E-state index is 0.124. The Balaban J connectivity index is 0.000000162. The molecule has 0 amide bonds. The van der Waals surface area contributed by atoms with Crippen LogP contribution in [-0.2, 0) is 0 Å². The number of halogens is 6. The second-order valence-electron chi connectivity index (χ2n) is 6.29. The molecule has 148 valence electrons. The van der Waals surface area contributed by atoms with Crippen LogP contribution in [0, 0.1) is 23.3 Å². The van der Waals surface area contributed by atoms with Crippen molar-refractivity contribution in [3.63, 3.8) is 0 Å². The van der Waals surface area contributed by atoms with Gasteiger partial charge in [-0.2, -0.15) is 0 Å². The van der Waals surface area contributed by atoms with Crippen LogP contribution in [-0.4, -0.2) is 10.2 Å². The topological polar surface area (TPSA) is 40.5 Å². The molecular formula is C20H14Br2F4O2. The van der Waals surface area contributed by atoms with Gasteiger partial charge in [0.1, 0.15) is 0 Å². The molecule has 28 heavy (non-hydrogen) atoms. The Kier molecular flexibility index (Phi) is 6.44. The predicted molar refractivity (Wildman–Crippen MR) is 105 cm³/mol. The molecule has 0 aromatic heterocycles. The summed E-state index contributed by atoms with van der Waals surface area (Å²) in [5, 5.41) is 20.2. The van der Waals surface area contributed by atoms with E-state index in [0.717, 1.165) is 12.1 Å². The molecule has 0 aliphatic heterocycles. The largest absolute Gasteiger partial charge is 0.388 e. The smallest absolute Gasteiger partial charge is 0.166 e. The van der Waals surface area contributed by atoms with E-state index in [4.69, 9.17) is 0 Å². The molecule has 0 radical (unpaired) electrons. The van der Waals surface area contributed by atoms with E-state index in [9.17, 15) is 27.8 Å². The van der Waals surface area contributed by atoms with E-state index >= 15 is 0 Å². The Bertz CT molecular complexity index is 1040. The van der Waals surface area contributed by atoms with Gasteiger partial charge in [-0.25, -0.2) is 17.6 Å². The average Bonchev–Trinajstić information content (AvgIpc) is 2.66. The predicted octanol–water partition coefficient (Wildman–Crippen LogP) is 6.47. The molecule has 0 saturated carbocycles. The van der Waals surface area contributed by atoms with Crippen LogP contribution in [0.1, 0.15) is 36.2 Å². The summed E-state index contributed by atoms with van der Waals surface area (Å²) in [5.41, 5.74) is 0.133. The Morgan fingerprint density at radius 2 is 1.21 bits per heavy atom. The van der Waals surface area contributed by atoms with Crippen molar-refractivity contribution in [3.05, 3.63) is 79.7 Å². The molecule has 1 aliphatic rings. The van der Waals surface area contributed by atoms with Gasteiger partial charge in [0.05, 0.1) is 12.2 Å². The molecule has 0 saturated heterocycles. The van der Waals surface area contributed by atoms with Crippen molar-refractivity contribution >= 4 is 42.6 Å². The number of rotatable bonds is 0. The van der Waals surface area contributed by atoms with Gasteiger partial charge < -0.3 is 10.2 Å². The fourth-order valence-corrected chi connectivity index (χ4v) is 4.39. The third kappa shape index (κ3) is 3.96. The van der Waals surface area contributed by atoms with Crippen LogP contribution in [0.25, 0.3) is 10.8 Å². The van der Waals surface area contributed by atoms with Gasteiger partial charge in [0.25, 0.3) is 0 Å². The van der Waals surface area contributed by atoms with Crippen molar-refractivity contribution in [3.8, 4) is 0 Å². The minimum atomic E-state index is -1.07. The third-order valence-electron chi connectivity index (χ3n) is 4.51. The fraction of sp³-hybridized carbons (Fsp3) is 0.200. The number of fused-ring (bicyclic) bond motifs is 2. The van der Waals surface area contributed by atoms with E-state index in [1.54, 1.807) is 24.3 Å². The van der Waals surface area contributed by atoms with Crippen molar-refractivity contribution < 1.29 is 27.8 Å². The molecule has 3 aromatic carbocycles. The quantitative estimate of drug-likeness (QED) is 0.263. The zero-order valence-corrected chi connectivity index (χ0v) is 17.4. The zero-order chi connectivity index (χ0) is 20.6. The second kappa shape index (κ2) is 8.49. The van der Waals surface area contributed by atoms with Crippen molar-refractivity contribution in [2.24, 2.45) is 0 Å². The molecule has 0 fully saturated rings. The lowest BCUT2D eigenvalue weighted by Crippen LogP contribution is -2.17. The van der Waals surface area contributed by atoms with Crippen LogP contribution in [0.15, 0.2) is 45.3 Å². The van der Waals surface area contributed by atoms with E-state index in [2.05, 4.69) is 31.9 Å². The average molecular weight is 522 g/mol. The summed E-state index contributed by atoms with van der Waals surface area (Å²) >= 11 is 6.23. The highest BCUT2D eigenvalue weighted by Gasteiger charge is 2.31. The second-order valence-corrected chi connectivity index (χ2v) is 8.00. The zero-order valence-electron chi connectivity index (χ0n) is 14.2. The molecule has 2 unspecified atom stereocenters. The summed E-state index contributed by atoms with van der Waals surface area (Å²) < 4.78 is 53.4. The van der Waals surface area contributed by atoms with Crippen molar-refractivity contribution in [2.75, 3.05) is 0 Å². The first kappa shape index (κ1) is 21.2. The summed E-state index contributed by atoms with van der Waals surface area (Å²) in [7, 11) is 0. The van der Waals surface area contributed by atoms with Gasteiger partial charge in [0.15, 0.2) is 23.3 Å². The molecule has 4 rings (SSSR count). The van der Waals surface area contributed by atoms with Gasteiger partial charge in [-0.3, -0.25) is 0 Å². The summed E-state index contributed by atoms with van der Waals surface area (Å²) in [6.07, 6.45) is -1.32. The number of aliphatic hydroxyl groups is 2. The van der Waals surface area contributed by atoms with E-state index in [0.29, 0.717) is 26.1 Å². The molecule has 2 N–H and O–H groups in total. The summed E-state index contributed by atoms with van der Waals surface area (Å²) in [6.45, 7) is 0. The lowest BCUT2D eigenvalue weighted by atomic mass is 9.87. The van der Waals surface area contributed by atoms with Crippen LogP contribution in [0.2, 0.25) is 0 Å².